The molecule has 0 aliphatic rings. The van der Waals surface area contributed by atoms with Crippen molar-refractivity contribution in [1.29, 1.82) is 0 Å². The summed E-state index contributed by atoms with van der Waals surface area (Å²) >= 11 is 5.66. The minimum absolute atomic E-state index is 0.265. The summed E-state index contributed by atoms with van der Waals surface area (Å²) in [5.41, 5.74) is 0.499. The van der Waals surface area contributed by atoms with Crippen LogP contribution in [-0.4, -0.2) is 22.0 Å². The zero-order chi connectivity index (χ0) is 13.0. The predicted octanol–water partition coefficient (Wildman–Crippen LogP) is 2.03. The van der Waals surface area contributed by atoms with Crippen molar-refractivity contribution in [2.24, 2.45) is 11.8 Å². The second-order valence-electron chi connectivity index (χ2n) is 3.77. The Bertz CT molecular complexity index is 436. The van der Waals surface area contributed by atoms with E-state index in [4.69, 9.17) is 16.7 Å². The van der Waals surface area contributed by atoms with Gasteiger partial charge in [0.05, 0.1) is 5.92 Å². The van der Waals surface area contributed by atoms with Crippen LogP contribution >= 0.6 is 11.6 Å². The van der Waals surface area contributed by atoms with Gasteiger partial charge in [0.2, 0.25) is 5.91 Å². The molecule has 6 heteroatoms. The lowest BCUT2D eigenvalue weighted by Crippen LogP contribution is -2.29. The summed E-state index contributed by atoms with van der Waals surface area (Å²) < 4.78 is 0. The van der Waals surface area contributed by atoms with E-state index in [9.17, 15) is 9.59 Å². The molecule has 5 nitrogen and oxygen atoms in total. The summed E-state index contributed by atoms with van der Waals surface area (Å²) in [6, 6.07) is 3.08. The Morgan fingerprint density at radius 1 is 1.41 bits per heavy atom. The van der Waals surface area contributed by atoms with Gasteiger partial charge >= 0.3 is 5.97 Å². The fraction of sp³-hybridized carbons (Fsp3) is 0.364. The third-order valence-electron chi connectivity index (χ3n) is 2.55. The predicted molar refractivity (Wildman–Crippen MR) is 63.8 cm³/mol. The first-order chi connectivity index (χ1) is 7.91. The number of hydrogen-bond acceptors (Lipinski definition) is 3. The lowest BCUT2D eigenvalue weighted by molar-refractivity contribution is -0.145. The maximum Gasteiger partial charge on any atom is 0.307 e. The standard InChI is InChI=1S/C11H13ClN2O3/c1-6(7(2)11(16)17)10(15)14-8-3-4-13-9(12)5-8/h3-7H,1-2H3,(H,16,17)(H,13,14,15). The van der Waals surface area contributed by atoms with E-state index in [0.29, 0.717) is 5.69 Å². The van der Waals surface area contributed by atoms with Crippen LogP contribution < -0.4 is 5.32 Å². The first-order valence-electron chi connectivity index (χ1n) is 5.07. The summed E-state index contributed by atoms with van der Waals surface area (Å²) in [6.07, 6.45) is 1.46. The van der Waals surface area contributed by atoms with Crippen molar-refractivity contribution in [3.05, 3.63) is 23.5 Å². The third-order valence-corrected chi connectivity index (χ3v) is 2.75. The van der Waals surface area contributed by atoms with Crippen LogP contribution in [0.15, 0.2) is 18.3 Å². The number of carboxylic acid groups (broad SMARTS) is 1. The highest BCUT2D eigenvalue weighted by atomic mass is 35.5. The Morgan fingerprint density at radius 3 is 2.59 bits per heavy atom. The third kappa shape index (κ3) is 3.71. The molecule has 92 valence electrons. The fourth-order valence-corrected chi connectivity index (χ4v) is 1.35. The molecule has 2 unspecified atom stereocenters. The average Bonchev–Trinajstić information content (AvgIpc) is 2.26. The van der Waals surface area contributed by atoms with Crippen LogP contribution in [0.3, 0.4) is 0 Å². The van der Waals surface area contributed by atoms with E-state index in [1.165, 1.54) is 19.2 Å². The highest BCUT2D eigenvalue weighted by Gasteiger charge is 2.25. The molecule has 17 heavy (non-hydrogen) atoms. The zero-order valence-corrected chi connectivity index (χ0v) is 10.2. The number of carbonyl (C=O) groups excluding carboxylic acids is 1. The summed E-state index contributed by atoms with van der Waals surface area (Å²) in [5, 5.41) is 11.7. The van der Waals surface area contributed by atoms with Gasteiger partial charge in [-0.2, -0.15) is 0 Å². The maximum atomic E-state index is 11.7. The Kier molecular flexibility index (Phi) is 4.45. The molecule has 0 bridgehead atoms. The van der Waals surface area contributed by atoms with Crippen LogP contribution in [0.25, 0.3) is 0 Å². The molecule has 0 spiro atoms. The smallest absolute Gasteiger partial charge is 0.307 e. The highest BCUT2D eigenvalue weighted by Crippen LogP contribution is 2.16. The van der Waals surface area contributed by atoms with Crippen molar-refractivity contribution < 1.29 is 14.7 Å². The number of hydrogen-bond donors (Lipinski definition) is 2. The zero-order valence-electron chi connectivity index (χ0n) is 9.48. The number of anilines is 1. The van der Waals surface area contributed by atoms with Crippen LogP contribution in [0, 0.1) is 11.8 Å². The number of carbonyl (C=O) groups is 2. The molecule has 0 aromatic carbocycles. The molecule has 1 amide bonds. The highest BCUT2D eigenvalue weighted by molar-refractivity contribution is 6.29. The summed E-state index contributed by atoms with van der Waals surface area (Å²) in [7, 11) is 0. The minimum Gasteiger partial charge on any atom is -0.481 e. The molecule has 0 saturated carbocycles. The van der Waals surface area contributed by atoms with Crippen LogP contribution in [0.1, 0.15) is 13.8 Å². The van der Waals surface area contributed by atoms with Gasteiger partial charge in [-0.25, -0.2) is 4.98 Å². The quantitative estimate of drug-likeness (QED) is 0.808. The van der Waals surface area contributed by atoms with E-state index in [1.54, 1.807) is 13.0 Å². The number of aromatic nitrogens is 1. The van der Waals surface area contributed by atoms with E-state index in [1.807, 2.05) is 0 Å². The van der Waals surface area contributed by atoms with Crippen molar-refractivity contribution in [3.63, 3.8) is 0 Å². The molecule has 0 aliphatic carbocycles. The van der Waals surface area contributed by atoms with Gasteiger partial charge in [-0.3, -0.25) is 9.59 Å². The van der Waals surface area contributed by atoms with Crippen molar-refractivity contribution in [2.75, 3.05) is 5.32 Å². The van der Waals surface area contributed by atoms with E-state index in [0.717, 1.165) is 0 Å². The van der Waals surface area contributed by atoms with Gasteiger partial charge < -0.3 is 10.4 Å². The van der Waals surface area contributed by atoms with Gasteiger partial charge in [0.15, 0.2) is 0 Å². The lowest BCUT2D eigenvalue weighted by atomic mass is 9.95. The second kappa shape index (κ2) is 5.63. The SMILES string of the molecule is CC(C(=O)O)C(C)C(=O)Nc1ccnc(Cl)c1. The molecule has 1 aromatic heterocycles. The number of amides is 1. The van der Waals surface area contributed by atoms with E-state index in [-0.39, 0.29) is 11.1 Å². The molecule has 2 N–H and O–H groups in total. The molecule has 0 aliphatic heterocycles. The summed E-state index contributed by atoms with van der Waals surface area (Å²) in [6.45, 7) is 3.06. The largest absolute Gasteiger partial charge is 0.481 e. The van der Waals surface area contributed by atoms with E-state index < -0.39 is 17.8 Å². The number of carboxylic acids is 1. The normalized spacial score (nSPS) is 13.8. The molecule has 1 aromatic rings. The number of halogens is 1. The molecule has 0 radical (unpaired) electrons. The summed E-state index contributed by atoms with van der Waals surface area (Å²) in [4.78, 5) is 26.2. The monoisotopic (exact) mass is 256 g/mol. The van der Waals surface area contributed by atoms with Gasteiger partial charge in [-0.15, -0.1) is 0 Å². The Labute approximate surface area is 104 Å². The summed E-state index contributed by atoms with van der Waals surface area (Å²) in [5.74, 6) is -2.73. The van der Waals surface area contributed by atoms with Crippen molar-refractivity contribution >= 4 is 29.2 Å². The van der Waals surface area contributed by atoms with Crippen molar-refractivity contribution in [2.45, 2.75) is 13.8 Å². The molecular weight excluding hydrogens is 244 g/mol. The molecule has 0 fully saturated rings. The fourth-order valence-electron chi connectivity index (χ4n) is 1.18. The molecular formula is C11H13ClN2O3. The van der Waals surface area contributed by atoms with E-state index >= 15 is 0 Å². The lowest BCUT2D eigenvalue weighted by Gasteiger charge is -2.15. The Hall–Kier alpha value is -1.62. The van der Waals surface area contributed by atoms with Crippen molar-refractivity contribution in [3.8, 4) is 0 Å². The number of nitrogens with zero attached hydrogens (tertiary/aromatic N) is 1. The maximum absolute atomic E-state index is 11.7. The van der Waals surface area contributed by atoms with Crippen LogP contribution in [0.2, 0.25) is 5.15 Å². The van der Waals surface area contributed by atoms with Crippen LogP contribution in [0.5, 0.6) is 0 Å². The van der Waals surface area contributed by atoms with Crippen LogP contribution in [0.4, 0.5) is 5.69 Å². The first-order valence-corrected chi connectivity index (χ1v) is 5.45. The van der Waals surface area contributed by atoms with Crippen molar-refractivity contribution in [1.82, 2.24) is 4.98 Å². The van der Waals surface area contributed by atoms with Gasteiger partial charge in [0, 0.05) is 17.8 Å². The van der Waals surface area contributed by atoms with Gasteiger partial charge in [-0.1, -0.05) is 25.4 Å². The molecule has 1 rings (SSSR count). The number of rotatable bonds is 4. The molecule has 2 atom stereocenters. The van der Waals surface area contributed by atoms with Gasteiger partial charge in [-0.05, 0) is 12.1 Å². The number of aliphatic carboxylic acids is 1. The molecule has 0 saturated heterocycles. The number of pyridine rings is 1. The van der Waals surface area contributed by atoms with Gasteiger partial charge in [0.25, 0.3) is 0 Å². The Morgan fingerprint density at radius 2 is 2.06 bits per heavy atom. The number of nitrogens with one attached hydrogen (secondary N) is 1. The average molecular weight is 257 g/mol. The van der Waals surface area contributed by atoms with Crippen LogP contribution in [-0.2, 0) is 9.59 Å². The topological polar surface area (TPSA) is 79.3 Å². The molecule has 1 heterocycles. The van der Waals surface area contributed by atoms with E-state index in [2.05, 4.69) is 10.3 Å². The van der Waals surface area contributed by atoms with Gasteiger partial charge in [0.1, 0.15) is 5.15 Å². The second-order valence-corrected chi connectivity index (χ2v) is 4.16. The first kappa shape index (κ1) is 13.4. The minimum atomic E-state index is -1.000. The Balaban J connectivity index is 2.69.